The van der Waals surface area contributed by atoms with E-state index in [2.05, 4.69) is 234 Å². The zero-order valence-corrected chi connectivity index (χ0v) is 44.4. The monoisotopic (exact) mass is 1040 g/mol. The van der Waals surface area contributed by atoms with Crippen LogP contribution in [0.4, 0.5) is 5.69 Å². The quantitative estimate of drug-likeness (QED) is 0.161. The standard InChI is InChI=1S/C70H44N2S4/c1-2-13-41(14-3-1)42-15-12-16-49(34-42)71-59-21-8-4-17-51(59)57-37-43(27-31-61(57)71)44-28-32-62-58(38-44)52-18-5-9-22-60(52)72(62)50-35-47(45-25-29-55-65(39-45)75-67-53-19-6-10-23-63(53)73-69(55)67)33-48(36-50)46-26-30-56-66(40-46)76-68-54-20-7-11-24-64(54)74-70(56)68/h1-3,5-7,9-36,38-40,57H,4,8,37H2. The number of thiophene rings is 4. The van der Waals surface area contributed by atoms with Crippen molar-refractivity contribution >= 4 is 138 Å². The van der Waals surface area contributed by atoms with Gasteiger partial charge in [-0.3, -0.25) is 0 Å². The van der Waals surface area contributed by atoms with Crippen molar-refractivity contribution in [3.05, 3.63) is 247 Å². The highest BCUT2D eigenvalue weighted by Gasteiger charge is 2.40. The fourth-order valence-electron chi connectivity index (χ4n) is 12.8. The normalized spacial score (nSPS) is 15.6. The van der Waals surface area contributed by atoms with E-state index in [1.807, 2.05) is 45.3 Å². The van der Waals surface area contributed by atoms with Crippen LogP contribution in [0.1, 0.15) is 24.8 Å². The molecule has 0 spiro atoms. The number of fused-ring (bicyclic) bond motifs is 16. The van der Waals surface area contributed by atoms with E-state index in [0.717, 1.165) is 19.3 Å². The van der Waals surface area contributed by atoms with Crippen molar-refractivity contribution in [2.45, 2.75) is 19.3 Å². The zero-order valence-electron chi connectivity index (χ0n) is 41.1. The summed E-state index contributed by atoms with van der Waals surface area (Å²) in [6.45, 7) is 0. The summed E-state index contributed by atoms with van der Waals surface area (Å²) in [4.78, 5) is 2.54. The Hall–Kier alpha value is -8.10. The van der Waals surface area contributed by atoms with Gasteiger partial charge in [0, 0.05) is 79.8 Å². The molecule has 5 aromatic heterocycles. The summed E-state index contributed by atoms with van der Waals surface area (Å²) < 4.78 is 13.5. The smallest absolute Gasteiger partial charge is 0.0542 e. The topological polar surface area (TPSA) is 8.17 Å². The van der Waals surface area contributed by atoms with Gasteiger partial charge in [-0.2, -0.15) is 0 Å². The van der Waals surface area contributed by atoms with Crippen LogP contribution in [0.15, 0.2) is 241 Å². The van der Waals surface area contributed by atoms with Gasteiger partial charge in [0.2, 0.25) is 0 Å². The Morgan fingerprint density at radius 2 is 0.908 bits per heavy atom. The van der Waals surface area contributed by atoms with Gasteiger partial charge in [0.15, 0.2) is 0 Å². The molecule has 0 radical (unpaired) electrons. The van der Waals surface area contributed by atoms with Crippen LogP contribution in [0.5, 0.6) is 0 Å². The number of hydrogen-bond donors (Lipinski definition) is 0. The van der Waals surface area contributed by atoms with Gasteiger partial charge < -0.3 is 9.47 Å². The molecule has 358 valence electrons. The molecule has 6 heterocycles. The van der Waals surface area contributed by atoms with Gasteiger partial charge >= 0.3 is 0 Å². The number of benzene rings is 9. The largest absolute Gasteiger partial charge is 0.314 e. The first kappa shape index (κ1) is 43.2. The Kier molecular flexibility index (Phi) is 9.49. The van der Waals surface area contributed by atoms with Gasteiger partial charge in [0.1, 0.15) is 0 Å². The molecule has 0 bridgehead atoms. The fraction of sp³-hybridized carbons (Fsp3) is 0.0571. The highest BCUT2D eigenvalue weighted by Crippen LogP contribution is 2.52. The van der Waals surface area contributed by atoms with E-state index in [-0.39, 0.29) is 0 Å². The molecule has 1 fully saturated rings. The molecule has 9 aromatic carbocycles. The third-order valence-electron chi connectivity index (χ3n) is 16.3. The first-order valence-corrected chi connectivity index (χ1v) is 29.5. The second kappa shape index (κ2) is 16.7. The van der Waals surface area contributed by atoms with Crippen LogP contribution in [-0.4, -0.2) is 4.57 Å². The van der Waals surface area contributed by atoms with E-state index < -0.39 is 0 Å². The molecule has 1 aliphatic heterocycles. The minimum atomic E-state index is 0.304. The van der Waals surface area contributed by atoms with Gasteiger partial charge in [-0.1, -0.05) is 146 Å². The van der Waals surface area contributed by atoms with Crippen molar-refractivity contribution < 1.29 is 0 Å². The average molecular weight is 1040 g/mol. The van der Waals surface area contributed by atoms with Gasteiger partial charge in [-0.15, -0.1) is 45.3 Å². The molecule has 17 rings (SSSR count). The molecule has 0 N–H and O–H groups in total. The van der Waals surface area contributed by atoms with Crippen molar-refractivity contribution in [3.63, 3.8) is 0 Å². The highest BCUT2D eigenvalue weighted by molar-refractivity contribution is 7.37. The molecular formula is C70H44N2S4. The van der Waals surface area contributed by atoms with E-state index in [4.69, 9.17) is 0 Å². The van der Waals surface area contributed by atoms with Crippen molar-refractivity contribution in [2.75, 3.05) is 4.90 Å². The van der Waals surface area contributed by atoms with Crippen LogP contribution < -0.4 is 4.90 Å². The number of nitrogens with zero attached hydrogens (tertiary/aromatic N) is 2. The molecular weight excluding hydrogens is 997 g/mol. The Morgan fingerprint density at radius 3 is 1.62 bits per heavy atom. The molecule has 14 aromatic rings. The summed E-state index contributed by atoms with van der Waals surface area (Å²) in [5, 5.41) is 7.96. The second-order valence-corrected chi connectivity index (χ2v) is 24.8. The molecule has 3 aliphatic rings. The fourth-order valence-corrected chi connectivity index (χ4v) is 18.2. The Bertz CT molecular complexity index is 4760. The van der Waals surface area contributed by atoms with Gasteiger partial charge in [0.05, 0.1) is 29.8 Å². The zero-order chi connectivity index (χ0) is 49.6. The summed E-state index contributed by atoms with van der Waals surface area (Å²) in [6, 6.07) is 75.5. The van der Waals surface area contributed by atoms with E-state index in [0.29, 0.717) is 5.92 Å². The van der Waals surface area contributed by atoms with Crippen molar-refractivity contribution in [1.29, 1.82) is 0 Å². The van der Waals surface area contributed by atoms with Gasteiger partial charge in [0.25, 0.3) is 0 Å². The molecule has 1 atom stereocenters. The van der Waals surface area contributed by atoms with Gasteiger partial charge in [-0.05, 0) is 148 Å². The van der Waals surface area contributed by atoms with E-state index in [1.54, 1.807) is 0 Å². The molecule has 0 saturated carbocycles. The molecule has 0 amide bonds. The third-order valence-corrected chi connectivity index (χ3v) is 21.4. The third kappa shape index (κ3) is 6.55. The maximum atomic E-state index is 2.54. The molecule has 6 heteroatoms. The lowest BCUT2D eigenvalue weighted by atomic mass is 9.83. The molecule has 1 unspecified atom stereocenters. The minimum Gasteiger partial charge on any atom is -0.314 e. The Balaban J connectivity index is 0.804. The van der Waals surface area contributed by atoms with Crippen molar-refractivity contribution in [1.82, 2.24) is 4.57 Å². The van der Waals surface area contributed by atoms with Crippen molar-refractivity contribution in [3.8, 4) is 39.1 Å². The maximum Gasteiger partial charge on any atom is 0.0542 e. The van der Waals surface area contributed by atoms with E-state index >= 15 is 0 Å². The van der Waals surface area contributed by atoms with Crippen LogP contribution in [-0.2, 0) is 0 Å². The summed E-state index contributed by atoms with van der Waals surface area (Å²) in [6.07, 6.45) is 12.9. The first-order chi connectivity index (χ1) is 37.6. The minimum absolute atomic E-state index is 0.304. The maximum absolute atomic E-state index is 2.54. The first-order valence-electron chi connectivity index (χ1n) is 26.3. The van der Waals surface area contributed by atoms with Crippen LogP contribution >= 0.6 is 45.3 Å². The summed E-state index contributed by atoms with van der Waals surface area (Å²) >= 11 is 7.70. The van der Waals surface area contributed by atoms with E-state index in [1.165, 1.54) is 154 Å². The van der Waals surface area contributed by atoms with Crippen LogP contribution in [0, 0.1) is 5.92 Å². The number of para-hydroxylation sites is 1. The molecule has 2 nitrogen and oxygen atoms in total. The summed E-state index contributed by atoms with van der Waals surface area (Å²) in [7, 11) is 0. The van der Waals surface area contributed by atoms with Crippen LogP contribution in [0.25, 0.3) is 126 Å². The second-order valence-electron chi connectivity index (χ2n) is 20.6. The molecule has 76 heavy (non-hydrogen) atoms. The lowest BCUT2D eigenvalue weighted by Gasteiger charge is -2.26. The lowest BCUT2D eigenvalue weighted by molar-refractivity contribution is 0.764. The predicted molar refractivity (Wildman–Crippen MR) is 332 cm³/mol. The Morgan fingerprint density at radius 1 is 0.355 bits per heavy atom. The summed E-state index contributed by atoms with van der Waals surface area (Å²) in [5.41, 5.74) is 19.1. The predicted octanol–water partition coefficient (Wildman–Crippen LogP) is 21.4. The summed E-state index contributed by atoms with van der Waals surface area (Å²) in [5.74, 6) is 0.304. The average Bonchev–Trinajstić information content (AvgIpc) is 4.36. The van der Waals surface area contributed by atoms with E-state index in [9.17, 15) is 0 Å². The Labute approximate surface area is 455 Å². The molecule has 2 aliphatic carbocycles. The van der Waals surface area contributed by atoms with Gasteiger partial charge in [-0.25, -0.2) is 0 Å². The van der Waals surface area contributed by atoms with Crippen LogP contribution in [0.3, 0.4) is 0 Å². The lowest BCUT2D eigenvalue weighted by Crippen LogP contribution is -2.18. The molecule has 1 saturated heterocycles. The number of hydrogen-bond acceptors (Lipinski definition) is 5. The number of rotatable bonds is 6. The highest BCUT2D eigenvalue weighted by atomic mass is 32.1. The number of allylic oxidation sites excluding steroid dienone is 7. The van der Waals surface area contributed by atoms with Crippen LogP contribution in [0.2, 0.25) is 0 Å². The SMILES string of the molecule is C1=C(c2ccc3c(c2)c2ccccc2n3-c2cc(-c3ccc4c(c3)sc3c5ccccc5sc43)cc(-c3ccc4c(c3)sc3c5ccccc5sc43)c2)CC2C3=CCCC=C3N(c3cccc(-c4ccccc4)c3)C2=C1. The van der Waals surface area contributed by atoms with Crippen molar-refractivity contribution in [2.24, 2.45) is 5.92 Å². The number of anilines is 1. The number of aromatic nitrogens is 1.